The number of hydrogen-bond acceptors (Lipinski definition) is 5. The SMILES string of the molecule is COCC(C)OCC(O)CNCC(=O)O. The van der Waals surface area contributed by atoms with E-state index in [4.69, 9.17) is 14.6 Å². The first-order valence-electron chi connectivity index (χ1n) is 4.77. The summed E-state index contributed by atoms with van der Waals surface area (Å²) in [6.45, 7) is 2.50. The molecular formula is C9H19NO5. The Morgan fingerprint density at radius 3 is 2.67 bits per heavy atom. The Balaban J connectivity index is 3.40. The van der Waals surface area contributed by atoms with E-state index >= 15 is 0 Å². The monoisotopic (exact) mass is 221 g/mol. The fraction of sp³-hybridized carbons (Fsp3) is 0.889. The predicted octanol–water partition coefficient (Wildman–Crippen LogP) is -0.927. The fourth-order valence-corrected chi connectivity index (χ4v) is 0.963. The highest BCUT2D eigenvalue weighted by molar-refractivity contribution is 5.68. The molecule has 0 aliphatic carbocycles. The molecule has 15 heavy (non-hydrogen) atoms. The number of aliphatic carboxylic acids is 1. The number of aliphatic hydroxyl groups excluding tert-OH is 1. The maximum atomic E-state index is 10.1. The Labute approximate surface area is 89.2 Å². The highest BCUT2D eigenvalue weighted by Gasteiger charge is 2.08. The van der Waals surface area contributed by atoms with Crippen LogP contribution in [-0.2, 0) is 14.3 Å². The lowest BCUT2D eigenvalue weighted by molar-refractivity contribution is -0.136. The van der Waals surface area contributed by atoms with E-state index in [2.05, 4.69) is 5.32 Å². The van der Waals surface area contributed by atoms with Gasteiger partial charge in [-0.15, -0.1) is 0 Å². The summed E-state index contributed by atoms with van der Waals surface area (Å²) in [6.07, 6.45) is -0.784. The Bertz CT molecular complexity index is 176. The lowest BCUT2D eigenvalue weighted by Gasteiger charge is -2.15. The maximum Gasteiger partial charge on any atom is 0.317 e. The molecule has 0 aromatic rings. The average Bonchev–Trinajstić information content (AvgIpc) is 2.14. The minimum absolute atomic E-state index is 0.0795. The second-order valence-electron chi connectivity index (χ2n) is 3.28. The molecule has 6 nitrogen and oxygen atoms in total. The Hall–Kier alpha value is -0.690. The Morgan fingerprint density at radius 1 is 1.47 bits per heavy atom. The highest BCUT2D eigenvalue weighted by Crippen LogP contribution is 1.93. The molecule has 0 saturated carbocycles. The average molecular weight is 221 g/mol. The van der Waals surface area contributed by atoms with Crippen molar-refractivity contribution in [1.82, 2.24) is 5.32 Å². The van der Waals surface area contributed by atoms with Crippen LogP contribution in [-0.4, -0.2) is 61.8 Å². The molecule has 0 aliphatic heterocycles. The number of hydrogen-bond donors (Lipinski definition) is 3. The van der Waals surface area contributed by atoms with E-state index in [1.165, 1.54) is 0 Å². The van der Waals surface area contributed by atoms with Gasteiger partial charge in [-0.1, -0.05) is 0 Å². The third-order valence-electron chi connectivity index (χ3n) is 1.63. The summed E-state index contributed by atoms with van der Waals surface area (Å²) in [5.41, 5.74) is 0. The minimum atomic E-state index is -0.948. The lowest BCUT2D eigenvalue weighted by atomic mass is 10.3. The molecule has 0 aromatic heterocycles. The van der Waals surface area contributed by atoms with Gasteiger partial charge in [0.05, 0.1) is 32.0 Å². The molecule has 0 spiro atoms. The van der Waals surface area contributed by atoms with E-state index in [-0.39, 0.29) is 25.8 Å². The first-order chi connectivity index (χ1) is 7.06. The molecular weight excluding hydrogens is 202 g/mol. The number of rotatable bonds is 9. The van der Waals surface area contributed by atoms with Crippen molar-refractivity contribution in [3.63, 3.8) is 0 Å². The smallest absolute Gasteiger partial charge is 0.317 e. The number of aliphatic hydroxyl groups is 1. The van der Waals surface area contributed by atoms with Gasteiger partial charge in [0.25, 0.3) is 0 Å². The largest absolute Gasteiger partial charge is 0.480 e. The molecule has 6 heteroatoms. The molecule has 2 unspecified atom stereocenters. The summed E-state index contributed by atoms with van der Waals surface area (Å²) < 4.78 is 10.1. The van der Waals surface area contributed by atoms with Gasteiger partial charge < -0.3 is 25.0 Å². The topological polar surface area (TPSA) is 88.0 Å². The maximum absolute atomic E-state index is 10.1. The molecule has 0 aliphatic rings. The van der Waals surface area contributed by atoms with E-state index in [1.54, 1.807) is 7.11 Å². The number of carboxylic acid groups (broad SMARTS) is 1. The van der Waals surface area contributed by atoms with Crippen LogP contribution in [0.5, 0.6) is 0 Å². The first-order valence-corrected chi connectivity index (χ1v) is 4.77. The zero-order valence-corrected chi connectivity index (χ0v) is 9.10. The Morgan fingerprint density at radius 2 is 2.13 bits per heavy atom. The van der Waals surface area contributed by atoms with E-state index < -0.39 is 12.1 Å². The standard InChI is InChI=1S/C9H19NO5/c1-7(5-14-2)15-6-8(11)3-10-4-9(12)13/h7-8,10-11H,3-6H2,1-2H3,(H,12,13). The van der Waals surface area contributed by atoms with Crippen molar-refractivity contribution in [3.8, 4) is 0 Å². The van der Waals surface area contributed by atoms with E-state index in [0.717, 1.165) is 0 Å². The summed E-state index contributed by atoms with van der Waals surface area (Å²) in [6, 6.07) is 0. The van der Waals surface area contributed by atoms with Gasteiger partial charge in [-0.25, -0.2) is 0 Å². The molecule has 0 heterocycles. The molecule has 2 atom stereocenters. The molecule has 0 amide bonds. The van der Waals surface area contributed by atoms with Crippen LogP contribution in [0, 0.1) is 0 Å². The zero-order valence-electron chi connectivity index (χ0n) is 9.10. The van der Waals surface area contributed by atoms with Crippen LogP contribution in [0.3, 0.4) is 0 Å². The van der Waals surface area contributed by atoms with Crippen molar-refractivity contribution in [3.05, 3.63) is 0 Å². The van der Waals surface area contributed by atoms with E-state index in [0.29, 0.717) is 6.61 Å². The molecule has 90 valence electrons. The van der Waals surface area contributed by atoms with Crippen molar-refractivity contribution in [2.45, 2.75) is 19.1 Å². The van der Waals surface area contributed by atoms with Gasteiger partial charge in [0, 0.05) is 13.7 Å². The van der Waals surface area contributed by atoms with E-state index in [9.17, 15) is 9.90 Å². The van der Waals surface area contributed by atoms with Gasteiger partial charge in [-0.2, -0.15) is 0 Å². The van der Waals surface area contributed by atoms with Crippen LogP contribution in [0.1, 0.15) is 6.92 Å². The number of carbonyl (C=O) groups is 1. The summed E-state index contributed by atoms with van der Waals surface area (Å²) in [5, 5.41) is 20.3. The number of methoxy groups -OCH3 is 1. The van der Waals surface area contributed by atoms with Crippen molar-refractivity contribution >= 4 is 5.97 Å². The number of ether oxygens (including phenoxy) is 2. The normalized spacial score (nSPS) is 14.9. The van der Waals surface area contributed by atoms with Gasteiger partial charge in [0.1, 0.15) is 0 Å². The predicted molar refractivity (Wildman–Crippen MR) is 53.8 cm³/mol. The second-order valence-corrected chi connectivity index (χ2v) is 3.28. The van der Waals surface area contributed by atoms with Crippen molar-refractivity contribution in [2.24, 2.45) is 0 Å². The van der Waals surface area contributed by atoms with Gasteiger partial charge in [0.2, 0.25) is 0 Å². The fourth-order valence-electron chi connectivity index (χ4n) is 0.963. The first kappa shape index (κ1) is 14.3. The van der Waals surface area contributed by atoms with Crippen LogP contribution in [0.2, 0.25) is 0 Å². The van der Waals surface area contributed by atoms with Gasteiger partial charge in [-0.05, 0) is 6.92 Å². The molecule has 0 fully saturated rings. The van der Waals surface area contributed by atoms with Gasteiger partial charge >= 0.3 is 5.97 Å². The van der Waals surface area contributed by atoms with Crippen LogP contribution in [0.15, 0.2) is 0 Å². The summed E-state index contributed by atoms with van der Waals surface area (Å²) in [4.78, 5) is 10.1. The summed E-state index contributed by atoms with van der Waals surface area (Å²) >= 11 is 0. The molecule has 0 bridgehead atoms. The second kappa shape index (κ2) is 8.60. The molecule has 0 radical (unpaired) electrons. The van der Waals surface area contributed by atoms with Gasteiger partial charge in [-0.3, -0.25) is 4.79 Å². The van der Waals surface area contributed by atoms with Gasteiger partial charge in [0.15, 0.2) is 0 Å². The highest BCUT2D eigenvalue weighted by atomic mass is 16.5. The van der Waals surface area contributed by atoms with Crippen molar-refractivity contribution in [1.29, 1.82) is 0 Å². The van der Waals surface area contributed by atoms with Crippen molar-refractivity contribution < 1.29 is 24.5 Å². The van der Waals surface area contributed by atoms with Crippen LogP contribution >= 0.6 is 0 Å². The number of carboxylic acids is 1. The van der Waals surface area contributed by atoms with Crippen LogP contribution in [0.25, 0.3) is 0 Å². The lowest BCUT2D eigenvalue weighted by Crippen LogP contribution is -2.34. The van der Waals surface area contributed by atoms with Crippen LogP contribution in [0.4, 0.5) is 0 Å². The Kier molecular flexibility index (Phi) is 8.21. The minimum Gasteiger partial charge on any atom is -0.480 e. The third-order valence-corrected chi connectivity index (χ3v) is 1.63. The third kappa shape index (κ3) is 9.61. The molecule has 3 N–H and O–H groups in total. The number of nitrogens with one attached hydrogen (secondary N) is 1. The summed E-state index contributed by atoms with van der Waals surface area (Å²) in [5.74, 6) is -0.948. The van der Waals surface area contributed by atoms with Crippen molar-refractivity contribution in [2.75, 3.05) is 33.4 Å². The zero-order chi connectivity index (χ0) is 11.7. The summed E-state index contributed by atoms with van der Waals surface area (Å²) in [7, 11) is 1.57. The molecule has 0 saturated heterocycles. The van der Waals surface area contributed by atoms with Crippen LogP contribution < -0.4 is 5.32 Å². The molecule has 0 rings (SSSR count). The quantitative estimate of drug-likeness (QED) is 0.466. The van der Waals surface area contributed by atoms with E-state index in [1.807, 2.05) is 6.92 Å². The molecule has 0 aromatic carbocycles.